The summed E-state index contributed by atoms with van der Waals surface area (Å²) in [4.78, 5) is 1.20. The minimum absolute atomic E-state index is 0.0340. The molecule has 1 N–H and O–H groups in total. The van der Waals surface area contributed by atoms with Crippen molar-refractivity contribution >= 4 is 22.9 Å². The molecular weight excluding hydrogens is 281 g/mol. The molecule has 2 rings (SSSR count). The van der Waals surface area contributed by atoms with Gasteiger partial charge in [-0.3, -0.25) is 0 Å². The van der Waals surface area contributed by atoms with Gasteiger partial charge >= 0.3 is 0 Å². The molecule has 0 saturated heterocycles. The van der Waals surface area contributed by atoms with Crippen LogP contribution in [0, 0.1) is 12.7 Å². The zero-order valence-electron chi connectivity index (χ0n) is 11.0. The van der Waals surface area contributed by atoms with Gasteiger partial charge in [-0.1, -0.05) is 24.6 Å². The summed E-state index contributed by atoms with van der Waals surface area (Å²) in [6, 6.07) is 7.37. The SMILES string of the molecule is CCCNC(c1cccs1)c1cc(C)c(F)cc1Cl. The van der Waals surface area contributed by atoms with E-state index in [0.29, 0.717) is 10.6 Å². The van der Waals surface area contributed by atoms with Gasteiger partial charge in [-0.05, 0) is 54.6 Å². The molecule has 1 aromatic heterocycles. The highest BCUT2D eigenvalue weighted by Gasteiger charge is 2.18. The third-order valence-electron chi connectivity index (χ3n) is 3.02. The van der Waals surface area contributed by atoms with Gasteiger partial charge in [0.15, 0.2) is 0 Å². The van der Waals surface area contributed by atoms with Crippen LogP contribution in [0.15, 0.2) is 29.6 Å². The van der Waals surface area contributed by atoms with Crippen molar-refractivity contribution in [2.45, 2.75) is 26.3 Å². The normalized spacial score (nSPS) is 12.6. The number of thiophene rings is 1. The number of benzene rings is 1. The lowest BCUT2D eigenvalue weighted by Gasteiger charge is -2.19. The average molecular weight is 298 g/mol. The molecule has 0 aliphatic carbocycles. The molecule has 0 spiro atoms. The van der Waals surface area contributed by atoms with Crippen molar-refractivity contribution < 1.29 is 4.39 Å². The van der Waals surface area contributed by atoms with E-state index in [-0.39, 0.29) is 11.9 Å². The summed E-state index contributed by atoms with van der Waals surface area (Å²) < 4.78 is 13.5. The van der Waals surface area contributed by atoms with E-state index in [1.807, 2.05) is 17.5 Å². The quantitative estimate of drug-likeness (QED) is 0.824. The first-order chi connectivity index (χ1) is 9.13. The van der Waals surface area contributed by atoms with E-state index in [9.17, 15) is 4.39 Å². The molecule has 0 bridgehead atoms. The smallest absolute Gasteiger partial charge is 0.127 e. The van der Waals surface area contributed by atoms with Gasteiger partial charge in [0, 0.05) is 9.90 Å². The average Bonchev–Trinajstić information content (AvgIpc) is 2.89. The standard InChI is InChI=1S/C15H17ClFNS/c1-3-6-18-15(14-5-4-7-19-14)11-8-10(2)13(17)9-12(11)16/h4-5,7-9,15,18H,3,6H2,1-2H3. The van der Waals surface area contributed by atoms with Crippen LogP contribution >= 0.6 is 22.9 Å². The van der Waals surface area contributed by atoms with E-state index in [0.717, 1.165) is 18.5 Å². The Morgan fingerprint density at radius 3 is 2.84 bits per heavy atom. The van der Waals surface area contributed by atoms with Crippen molar-refractivity contribution in [2.24, 2.45) is 0 Å². The van der Waals surface area contributed by atoms with E-state index < -0.39 is 0 Å². The molecule has 19 heavy (non-hydrogen) atoms. The van der Waals surface area contributed by atoms with Gasteiger partial charge in [-0.2, -0.15) is 0 Å². The van der Waals surface area contributed by atoms with Crippen LogP contribution in [0.5, 0.6) is 0 Å². The van der Waals surface area contributed by atoms with Crippen LogP contribution in [0.3, 0.4) is 0 Å². The van der Waals surface area contributed by atoms with Gasteiger partial charge in [0.05, 0.1) is 6.04 Å². The number of nitrogens with one attached hydrogen (secondary N) is 1. The minimum Gasteiger partial charge on any atom is -0.306 e. The predicted octanol–water partition coefficient (Wildman–Crippen LogP) is 4.94. The molecule has 4 heteroatoms. The van der Waals surface area contributed by atoms with Crippen LogP contribution in [0.25, 0.3) is 0 Å². The highest BCUT2D eigenvalue weighted by molar-refractivity contribution is 7.10. The molecule has 0 fully saturated rings. The molecule has 1 aromatic carbocycles. The fourth-order valence-corrected chi connectivity index (χ4v) is 3.09. The lowest BCUT2D eigenvalue weighted by molar-refractivity contribution is 0.595. The van der Waals surface area contributed by atoms with Crippen molar-refractivity contribution in [3.63, 3.8) is 0 Å². The maximum Gasteiger partial charge on any atom is 0.127 e. The Morgan fingerprint density at radius 2 is 2.21 bits per heavy atom. The number of hydrogen-bond acceptors (Lipinski definition) is 2. The van der Waals surface area contributed by atoms with Crippen LogP contribution in [-0.2, 0) is 0 Å². The van der Waals surface area contributed by atoms with Crippen molar-refractivity contribution in [1.82, 2.24) is 5.32 Å². The largest absolute Gasteiger partial charge is 0.306 e. The van der Waals surface area contributed by atoms with Gasteiger partial charge in [0.2, 0.25) is 0 Å². The lowest BCUT2D eigenvalue weighted by atomic mass is 10.0. The van der Waals surface area contributed by atoms with E-state index in [2.05, 4.69) is 18.3 Å². The monoisotopic (exact) mass is 297 g/mol. The zero-order valence-corrected chi connectivity index (χ0v) is 12.6. The summed E-state index contributed by atoms with van der Waals surface area (Å²) in [6.07, 6.45) is 1.04. The molecule has 2 aromatic rings. The van der Waals surface area contributed by atoms with Crippen molar-refractivity contribution in [3.8, 4) is 0 Å². The second-order valence-corrected chi connectivity index (χ2v) is 5.91. The molecule has 0 saturated carbocycles. The van der Waals surface area contributed by atoms with Crippen LogP contribution in [0.4, 0.5) is 4.39 Å². The van der Waals surface area contributed by atoms with Crippen LogP contribution < -0.4 is 5.32 Å². The molecule has 1 atom stereocenters. The summed E-state index contributed by atoms with van der Waals surface area (Å²) in [5.41, 5.74) is 1.57. The Bertz CT molecular complexity index is 539. The van der Waals surface area contributed by atoms with Gasteiger partial charge < -0.3 is 5.32 Å². The first kappa shape index (κ1) is 14.5. The summed E-state index contributed by atoms with van der Waals surface area (Å²) in [5.74, 6) is -0.255. The molecule has 1 unspecified atom stereocenters. The Labute approximate surface area is 122 Å². The molecule has 1 nitrogen and oxygen atoms in total. The Hall–Kier alpha value is -0.900. The second kappa shape index (κ2) is 6.51. The van der Waals surface area contributed by atoms with E-state index in [4.69, 9.17) is 11.6 Å². The van der Waals surface area contributed by atoms with E-state index in [1.54, 1.807) is 18.3 Å². The summed E-state index contributed by atoms with van der Waals surface area (Å²) in [6.45, 7) is 4.78. The molecule has 0 amide bonds. The van der Waals surface area contributed by atoms with Gasteiger partial charge in [0.25, 0.3) is 0 Å². The lowest BCUT2D eigenvalue weighted by Crippen LogP contribution is -2.23. The molecule has 0 aliphatic rings. The van der Waals surface area contributed by atoms with Crippen LogP contribution in [0.2, 0.25) is 5.02 Å². The molecule has 102 valence electrons. The zero-order chi connectivity index (χ0) is 13.8. The van der Waals surface area contributed by atoms with E-state index in [1.165, 1.54) is 10.9 Å². The third-order valence-corrected chi connectivity index (χ3v) is 4.28. The predicted molar refractivity (Wildman–Crippen MR) is 80.6 cm³/mol. The maximum atomic E-state index is 13.5. The fourth-order valence-electron chi connectivity index (χ4n) is 2.01. The van der Waals surface area contributed by atoms with Gasteiger partial charge in [-0.15, -0.1) is 11.3 Å². The fraction of sp³-hybridized carbons (Fsp3) is 0.333. The minimum atomic E-state index is -0.255. The maximum absolute atomic E-state index is 13.5. The summed E-state index contributed by atoms with van der Waals surface area (Å²) >= 11 is 7.90. The number of rotatable bonds is 5. The topological polar surface area (TPSA) is 12.0 Å². The number of aryl methyl sites for hydroxylation is 1. The Balaban J connectivity index is 2.40. The first-order valence-electron chi connectivity index (χ1n) is 6.35. The van der Waals surface area contributed by atoms with E-state index >= 15 is 0 Å². The number of halogens is 2. The summed E-state index contributed by atoms with van der Waals surface area (Å²) in [7, 11) is 0. The first-order valence-corrected chi connectivity index (χ1v) is 7.61. The van der Waals surface area contributed by atoms with Crippen molar-refractivity contribution in [3.05, 3.63) is 56.5 Å². The van der Waals surface area contributed by atoms with Crippen molar-refractivity contribution in [2.75, 3.05) is 6.54 Å². The highest BCUT2D eigenvalue weighted by Crippen LogP contribution is 2.32. The Morgan fingerprint density at radius 1 is 1.42 bits per heavy atom. The second-order valence-electron chi connectivity index (χ2n) is 4.53. The molecule has 1 heterocycles. The van der Waals surface area contributed by atoms with Gasteiger partial charge in [0.1, 0.15) is 5.82 Å². The van der Waals surface area contributed by atoms with Crippen LogP contribution in [0.1, 0.15) is 35.4 Å². The Kier molecular flexibility index (Phi) is 4.97. The third kappa shape index (κ3) is 3.35. The highest BCUT2D eigenvalue weighted by atomic mass is 35.5. The number of hydrogen-bond donors (Lipinski definition) is 1. The molecule has 0 radical (unpaired) electrons. The van der Waals surface area contributed by atoms with Crippen molar-refractivity contribution in [1.29, 1.82) is 0 Å². The van der Waals surface area contributed by atoms with Crippen LogP contribution in [-0.4, -0.2) is 6.54 Å². The van der Waals surface area contributed by atoms with Gasteiger partial charge in [-0.25, -0.2) is 4.39 Å². The molecule has 0 aliphatic heterocycles. The molecular formula is C15H17ClFNS. The summed E-state index contributed by atoms with van der Waals surface area (Å²) in [5, 5.41) is 6.00.